The minimum Gasteiger partial charge on any atom is -0.385 e. The smallest absolute Gasteiger partial charge is 0.322 e. The van der Waals surface area contributed by atoms with E-state index in [1.54, 1.807) is 12.0 Å². The van der Waals surface area contributed by atoms with Crippen LogP contribution in [-0.4, -0.2) is 50.4 Å². The van der Waals surface area contributed by atoms with Crippen LogP contribution in [0.1, 0.15) is 6.42 Å². The monoisotopic (exact) mass is 374 g/mol. The molecule has 5 nitrogen and oxygen atoms in total. The molecule has 2 amide bonds. The molecule has 0 radical (unpaired) electrons. The van der Waals surface area contributed by atoms with Gasteiger partial charge in [0.1, 0.15) is 0 Å². The Morgan fingerprint density at radius 1 is 1.27 bits per heavy atom. The summed E-state index contributed by atoms with van der Waals surface area (Å²) in [4.78, 5) is 14.4. The zero-order valence-corrected chi connectivity index (χ0v) is 15.5. The van der Waals surface area contributed by atoms with Gasteiger partial charge >= 0.3 is 6.03 Å². The molecule has 1 heterocycles. The predicted molar refractivity (Wildman–Crippen MR) is 104 cm³/mol. The summed E-state index contributed by atoms with van der Waals surface area (Å²) < 4.78 is 10.8. The lowest BCUT2D eigenvalue weighted by molar-refractivity contribution is -0.0260. The van der Waals surface area contributed by atoms with E-state index in [4.69, 9.17) is 21.1 Å². The van der Waals surface area contributed by atoms with Crippen molar-refractivity contribution in [1.82, 2.24) is 4.90 Å². The van der Waals surface area contributed by atoms with E-state index in [0.717, 1.165) is 23.2 Å². The second-order valence-corrected chi connectivity index (χ2v) is 6.68. The molecule has 0 aromatic heterocycles. The van der Waals surface area contributed by atoms with Crippen LogP contribution in [0.15, 0.2) is 48.5 Å². The number of amides is 2. The third-order valence-corrected chi connectivity index (χ3v) is 4.58. The van der Waals surface area contributed by atoms with Crippen LogP contribution < -0.4 is 5.32 Å². The van der Waals surface area contributed by atoms with Crippen molar-refractivity contribution in [3.05, 3.63) is 53.6 Å². The Morgan fingerprint density at radius 3 is 2.81 bits per heavy atom. The zero-order valence-electron chi connectivity index (χ0n) is 14.8. The van der Waals surface area contributed by atoms with Crippen LogP contribution in [0.2, 0.25) is 5.02 Å². The Hall–Kier alpha value is -2.08. The largest absolute Gasteiger partial charge is 0.385 e. The van der Waals surface area contributed by atoms with Crippen molar-refractivity contribution in [2.24, 2.45) is 0 Å². The van der Waals surface area contributed by atoms with Crippen LogP contribution in [0.25, 0.3) is 11.1 Å². The first-order valence-corrected chi connectivity index (χ1v) is 9.06. The number of rotatable bonds is 5. The van der Waals surface area contributed by atoms with Crippen molar-refractivity contribution in [2.75, 3.05) is 38.7 Å². The van der Waals surface area contributed by atoms with Gasteiger partial charge in [-0.2, -0.15) is 0 Å². The topological polar surface area (TPSA) is 50.8 Å². The number of nitrogens with one attached hydrogen (secondary N) is 1. The van der Waals surface area contributed by atoms with E-state index in [1.807, 2.05) is 48.5 Å². The molecule has 0 unspecified atom stereocenters. The molecule has 0 saturated carbocycles. The third-order valence-electron chi connectivity index (χ3n) is 4.34. The van der Waals surface area contributed by atoms with Crippen LogP contribution in [0, 0.1) is 0 Å². The summed E-state index contributed by atoms with van der Waals surface area (Å²) in [7, 11) is 1.67. The Bertz CT molecular complexity index is 753. The number of methoxy groups -OCH3 is 1. The summed E-state index contributed by atoms with van der Waals surface area (Å²) in [5, 5.41) is 3.67. The SMILES string of the molecule is COCC[C@@H]1CN(C(=O)Nc2cccc(-c3cccc(Cl)c3)c2)CCO1. The number of morpholine rings is 1. The molecular weight excluding hydrogens is 352 g/mol. The maximum absolute atomic E-state index is 12.6. The molecule has 0 aliphatic carbocycles. The van der Waals surface area contributed by atoms with Gasteiger partial charge in [0.25, 0.3) is 0 Å². The van der Waals surface area contributed by atoms with Gasteiger partial charge in [0.05, 0.1) is 12.7 Å². The summed E-state index contributed by atoms with van der Waals surface area (Å²) in [6, 6.07) is 15.3. The number of nitrogens with zero attached hydrogens (tertiary/aromatic N) is 1. The van der Waals surface area contributed by atoms with Crippen LogP contribution in [0.4, 0.5) is 10.5 Å². The molecule has 2 aromatic rings. The highest BCUT2D eigenvalue weighted by molar-refractivity contribution is 6.30. The van der Waals surface area contributed by atoms with E-state index < -0.39 is 0 Å². The van der Waals surface area contributed by atoms with Gasteiger partial charge in [0, 0.05) is 37.5 Å². The molecule has 0 bridgehead atoms. The Kier molecular flexibility index (Phi) is 6.50. The standard InChI is InChI=1S/C20H23ClN2O3/c1-25-10-8-19-14-23(9-11-26-19)20(24)22-18-7-3-5-16(13-18)15-4-2-6-17(21)12-15/h2-7,12-13,19H,8-11,14H2,1H3,(H,22,24)/t19-/m1/s1. The number of carbonyl (C=O) groups is 1. The molecule has 2 aromatic carbocycles. The molecule has 1 N–H and O–H groups in total. The minimum absolute atomic E-state index is 0.0206. The van der Waals surface area contributed by atoms with Crippen LogP contribution in [-0.2, 0) is 9.47 Å². The van der Waals surface area contributed by atoms with Crippen LogP contribution in [0.5, 0.6) is 0 Å². The molecule has 1 saturated heterocycles. The van der Waals surface area contributed by atoms with E-state index in [2.05, 4.69) is 5.32 Å². The first kappa shape index (κ1) is 18.7. The van der Waals surface area contributed by atoms with E-state index >= 15 is 0 Å². The summed E-state index contributed by atoms with van der Waals surface area (Å²) in [6.07, 6.45) is 0.803. The van der Waals surface area contributed by atoms with Crippen molar-refractivity contribution >= 4 is 23.3 Å². The Balaban J connectivity index is 1.65. The maximum atomic E-state index is 12.6. The third kappa shape index (κ3) is 4.97. The average molecular weight is 375 g/mol. The number of hydrogen-bond acceptors (Lipinski definition) is 3. The highest BCUT2D eigenvalue weighted by atomic mass is 35.5. The van der Waals surface area contributed by atoms with Crippen molar-refractivity contribution < 1.29 is 14.3 Å². The number of benzene rings is 2. The van der Waals surface area contributed by atoms with E-state index in [-0.39, 0.29) is 12.1 Å². The molecule has 1 fully saturated rings. The lowest BCUT2D eigenvalue weighted by Gasteiger charge is -2.33. The fourth-order valence-electron chi connectivity index (χ4n) is 2.97. The lowest BCUT2D eigenvalue weighted by atomic mass is 10.1. The predicted octanol–water partition coefficient (Wildman–Crippen LogP) is 4.28. The molecule has 1 aliphatic rings. The molecule has 3 rings (SSSR count). The van der Waals surface area contributed by atoms with Gasteiger partial charge in [-0.05, 0) is 41.8 Å². The van der Waals surface area contributed by atoms with Gasteiger partial charge in [0.15, 0.2) is 0 Å². The average Bonchev–Trinajstić information content (AvgIpc) is 2.67. The molecule has 0 spiro atoms. The first-order valence-electron chi connectivity index (χ1n) is 8.68. The van der Waals surface area contributed by atoms with Gasteiger partial charge in [0.2, 0.25) is 0 Å². The van der Waals surface area contributed by atoms with Crippen LogP contribution in [0.3, 0.4) is 0 Å². The minimum atomic E-state index is -0.112. The number of ether oxygens (including phenoxy) is 2. The van der Waals surface area contributed by atoms with Gasteiger partial charge < -0.3 is 19.7 Å². The van der Waals surface area contributed by atoms with E-state index in [1.165, 1.54) is 0 Å². The highest BCUT2D eigenvalue weighted by Gasteiger charge is 2.24. The summed E-state index contributed by atoms with van der Waals surface area (Å²) in [5.41, 5.74) is 2.78. The van der Waals surface area contributed by atoms with Crippen molar-refractivity contribution in [2.45, 2.75) is 12.5 Å². The second-order valence-electron chi connectivity index (χ2n) is 6.24. The fraction of sp³-hybridized carbons (Fsp3) is 0.350. The zero-order chi connectivity index (χ0) is 18.4. The Morgan fingerprint density at radius 2 is 2.04 bits per heavy atom. The van der Waals surface area contributed by atoms with Crippen molar-refractivity contribution in [3.8, 4) is 11.1 Å². The number of urea groups is 1. The van der Waals surface area contributed by atoms with Gasteiger partial charge in [-0.3, -0.25) is 0 Å². The van der Waals surface area contributed by atoms with Crippen molar-refractivity contribution in [3.63, 3.8) is 0 Å². The fourth-order valence-corrected chi connectivity index (χ4v) is 3.17. The maximum Gasteiger partial charge on any atom is 0.322 e. The van der Waals surface area contributed by atoms with Crippen LogP contribution >= 0.6 is 11.6 Å². The molecular formula is C20H23ClN2O3. The van der Waals surface area contributed by atoms with E-state index in [0.29, 0.717) is 31.3 Å². The molecule has 26 heavy (non-hydrogen) atoms. The van der Waals surface area contributed by atoms with Gasteiger partial charge in [-0.25, -0.2) is 4.79 Å². The summed E-state index contributed by atoms with van der Waals surface area (Å²) >= 11 is 6.07. The number of anilines is 1. The second kappa shape index (κ2) is 9.03. The molecule has 138 valence electrons. The quantitative estimate of drug-likeness (QED) is 0.850. The number of hydrogen-bond donors (Lipinski definition) is 1. The molecule has 6 heteroatoms. The molecule has 1 atom stereocenters. The lowest BCUT2D eigenvalue weighted by Crippen LogP contribution is -2.47. The first-order chi connectivity index (χ1) is 12.7. The normalized spacial score (nSPS) is 17.2. The van der Waals surface area contributed by atoms with Gasteiger partial charge in [-0.15, -0.1) is 0 Å². The number of halogens is 1. The van der Waals surface area contributed by atoms with Gasteiger partial charge in [-0.1, -0.05) is 35.9 Å². The van der Waals surface area contributed by atoms with E-state index in [9.17, 15) is 4.79 Å². The summed E-state index contributed by atoms with van der Waals surface area (Å²) in [5.74, 6) is 0. The number of carbonyl (C=O) groups excluding carboxylic acids is 1. The Labute approximate surface area is 158 Å². The molecule has 1 aliphatic heterocycles. The van der Waals surface area contributed by atoms with Crippen molar-refractivity contribution in [1.29, 1.82) is 0 Å². The highest BCUT2D eigenvalue weighted by Crippen LogP contribution is 2.25. The summed E-state index contributed by atoms with van der Waals surface area (Å²) in [6.45, 7) is 2.33.